The summed E-state index contributed by atoms with van der Waals surface area (Å²) < 4.78 is 11.0. The molecule has 0 aromatic rings. The lowest BCUT2D eigenvalue weighted by Gasteiger charge is -2.40. The number of ether oxygens (including phenoxy) is 2. The largest absolute Gasteiger partial charge is 0.394 e. The molecule has 8 N–H and O–H groups in total. The van der Waals surface area contributed by atoms with Crippen LogP contribution in [-0.2, 0) is 14.3 Å². The quantitative estimate of drug-likeness (QED) is 0.0247. The van der Waals surface area contributed by atoms with Crippen LogP contribution in [0.25, 0.3) is 0 Å². The minimum absolute atomic E-state index is 0.235. The highest BCUT2D eigenvalue weighted by atomic mass is 16.7. The van der Waals surface area contributed by atoms with Crippen molar-refractivity contribution < 1.29 is 50.0 Å². The Morgan fingerprint density at radius 2 is 1.07 bits per heavy atom. The van der Waals surface area contributed by atoms with Gasteiger partial charge in [-0.1, -0.05) is 134 Å². The Morgan fingerprint density at radius 3 is 1.62 bits per heavy atom. The van der Waals surface area contributed by atoms with Crippen molar-refractivity contribution in [1.29, 1.82) is 0 Å². The predicted octanol–water partition coefficient (Wildman–Crippen LogP) is 6.83. The Hall–Kier alpha value is -1.67. The predicted molar refractivity (Wildman–Crippen MR) is 224 cm³/mol. The third-order valence-electron chi connectivity index (χ3n) is 10.6. The van der Waals surface area contributed by atoms with Crippen LogP contribution < -0.4 is 5.32 Å². The molecule has 0 saturated carbocycles. The maximum Gasteiger partial charge on any atom is 0.249 e. The molecule has 9 unspecified atom stereocenters. The van der Waals surface area contributed by atoms with Crippen LogP contribution in [0.3, 0.4) is 0 Å². The molecule has 1 heterocycles. The highest BCUT2D eigenvalue weighted by Crippen LogP contribution is 2.23. The number of allylic oxidation sites excluding steroid dienone is 6. The Kier molecular flexibility index (Phi) is 33.0. The van der Waals surface area contributed by atoms with Crippen molar-refractivity contribution in [3.63, 3.8) is 0 Å². The number of hydrogen-bond acceptors (Lipinski definition) is 10. The molecule has 0 bridgehead atoms. The molecule has 1 aliphatic rings. The smallest absolute Gasteiger partial charge is 0.249 e. The van der Waals surface area contributed by atoms with Crippen molar-refractivity contribution in [2.75, 3.05) is 13.2 Å². The average Bonchev–Trinajstić information content (AvgIpc) is 3.20. The van der Waals surface area contributed by atoms with E-state index in [-0.39, 0.29) is 12.8 Å². The van der Waals surface area contributed by atoms with Crippen LogP contribution in [0.1, 0.15) is 174 Å². The molecule has 0 aliphatic carbocycles. The normalized spacial score (nSPS) is 22.6. The summed E-state index contributed by atoms with van der Waals surface area (Å²) in [6.07, 6.45) is 27.7. The number of hydrogen-bond donors (Lipinski definition) is 8. The van der Waals surface area contributed by atoms with E-state index in [1.165, 1.54) is 77.0 Å². The Bertz CT molecular complexity index is 1010. The lowest BCUT2D eigenvalue weighted by Crippen LogP contribution is -2.60. The second-order valence-corrected chi connectivity index (χ2v) is 15.7. The fourth-order valence-corrected chi connectivity index (χ4v) is 6.86. The van der Waals surface area contributed by atoms with Crippen molar-refractivity contribution in [1.82, 2.24) is 5.32 Å². The molecule has 11 heteroatoms. The van der Waals surface area contributed by atoms with Gasteiger partial charge < -0.3 is 50.5 Å². The molecule has 1 aliphatic heterocycles. The van der Waals surface area contributed by atoms with Gasteiger partial charge in [0.15, 0.2) is 6.29 Å². The highest BCUT2D eigenvalue weighted by molar-refractivity contribution is 5.80. The minimum Gasteiger partial charge on any atom is -0.394 e. The summed E-state index contributed by atoms with van der Waals surface area (Å²) in [4.78, 5) is 13.0. The van der Waals surface area contributed by atoms with E-state index in [0.29, 0.717) is 19.3 Å². The lowest BCUT2D eigenvalue weighted by atomic mass is 9.98. The van der Waals surface area contributed by atoms with Crippen LogP contribution in [0.2, 0.25) is 0 Å². The van der Waals surface area contributed by atoms with Crippen LogP contribution in [0.5, 0.6) is 0 Å². The van der Waals surface area contributed by atoms with Crippen molar-refractivity contribution in [3.05, 3.63) is 36.5 Å². The first-order valence-electron chi connectivity index (χ1n) is 22.4. The molecule has 11 nitrogen and oxygen atoms in total. The molecule has 0 spiro atoms. The van der Waals surface area contributed by atoms with Gasteiger partial charge in [-0.2, -0.15) is 0 Å². The van der Waals surface area contributed by atoms with Gasteiger partial charge in [-0.25, -0.2) is 0 Å². The molecule has 1 fully saturated rings. The molecule has 9 atom stereocenters. The van der Waals surface area contributed by atoms with E-state index in [2.05, 4.69) is 55.6 Å². The van der Waals surface area contributed by atoms with E-state index in [1.54, 1.807) is 0 Å². The SMILES string of the molecule is CCCCC/C=C\CCCCCCC(O)C(=O)NC(COC1OC(CO)C(O)C(O)C1O)C(O)C(O)CCC/C=C/CC/C=C/CCCCCCCCCCC. The zero-order chi connectivity index (χ0) is 41.2. The minimum atomic E-state index is -1.67. The second-order valence-electron chi connectivity index (χ2n) is 15.7. The second kappa shape index (κ2) is 35.3. The molecule has 0 radical (unpaired) electrons. The summed E-state index contributed by atoms with van der Waals surface area (Å²) in [7, 11) is 0. The van der Waals surface area contributed by atoms with Gasteiger partial charge in [0.25, 0.3) is 0 Å². The fourth-order valence-electron chi connectivity index (χ4n) is 6.86. The summed E-state index contributed by atoms with van der Waals surface area (Å²) in [5, 5.41) is 75.4. The zero-order valence-corrected chi connectivity index (χ0v) is 35.1. The van der Waals surface area contributed by atoms with E-state index in [9.17, 15) is 40.5 Å². The van der Waals surface area contributed by atoms with Crippen LogP contribution in [0, 0.1) is 0 Å². The Morgan fingerprint density at radius 1 is 0.607 bits per heavy atom. The molecular weight excluding hydrogens is 714 g/mol. The number of amides is 1. The van der Waals surface area contributed by atoms with Gasteiger partial charge in [0.05, 0.1) is 25.4 Å². The summed E-state index contributed by atoms with van der Waals surface area (Å²) >= 11 is 0. The van der Waals surface area contributed by atoms with Gasteiger partial charge in [-0.3, -0.25) is 4.79 Å². The number of rotatable bonds is 36. The van der Waals surface area contributed by atoms with E-state index >= 15 is 0 Å². The monoisotopic (exact) mass is 798 g/mol. The van der Waals surface area contributed by atoms with E-state index in [1.807, 2.05) is 0 Å². The van der Waals surface area contributed by atoms with Gasteiger partial charge in [-0.15, -0.1) is 0 Å². The van der Waals surface area contributed by atoms with E-state index in [4.69, 9.17) is 9.47 Å². The Labute approximate surface area is 339 Å². The van der Waals surface area contributed by atoms with Gasteiger partial charge in [0.2, 0.25) is 5.91 Å². The number of nitrogens with one attached hydrogen (secondary N) is 1. The summed E-state index contributed by atoms with van der Waals surface area (Å²) in [5.74, 6) is -0.723. The average molecular weight is 798 g/mol. The zero-order valence-electron chi connectivity index (χ0n) is 35.1. The van der Waals surface area contributed by atoms with Crippen molar-refractivity contribution >= 4 is 5.91 Å². The maximum absolute atomic E-state index is 13.0. The molecule has 56 heavy (non-hydrogen) atoms. The van der Waals surface area contributed by atoms with Crippen LogP contribution in [0.15, 0.2) is 36.5 Å². The van der Waals surface area contributed by atoms with Crippen LogP contribution >= 0.6 is 0 Å². The summed E-state index contributed by atoms with van der Waals surface area (Å²) in [6.45, 7) is 3.36. The van der Waals surface area contributed by atoms with Gasteiger partial charge in [0.1, 0.15) is 36.6 Å². The standard InChI is InChI=1S/C45H83NO10/c1-3-5-7-9-11-13-15-16-17-18-19-20-21-23-24-26-28-30-32-37(48)40(50)36(35-55-45-43(53)42(52)41(51)39(34-47)56-45)46-44(54)38(49)33-31-29-27-25-22-14-12-10-8-6-4-2/h12,14,19-20,24,26,36-43,45,47-53H,3-11,13,15-18,21-23,25,27-35H2,1-2H3,(H,46,54)/b14-12-,20-19+,26-24+. The number of aliphatic hydroxyl groups excluding tert-OH is 7. The lowest BCUT2D eigenvalue weighted by molar-refractivity contribution is -0.303. The highest BCUT2D eigenvalue weighted by Gasteiger charge is 2.44. The topological polar surface area (TPSA) is 189 Å². The van der Waals surface area contributed by atoms with Gasteiger partial charge in [-0.05, 0) is 77.0 Å². The third-order valence-corrected chi connectivity index (χ3v) is 10.6. The fraction of sp³-hybridized carbons (Fsp3) is 0.844. The van der Waals surface area contributed by atoms with Crippen molar-refractivity contribution in [3.8, 4) is 0 Å². The van der Waals surface area contributed by atoms with Crippen LogP contribution in [-0.4, -0.2) is 110 Å². The first-order valence-corrected chi connectivity index (χ1v) is 22.4. The molecule has 328 valence electrons. The first kappa shape index (κ1) is 52.3. The maximum atomic E-state index is 13.0. The molecule has 0 aromatic carbocycles. The van der Waals surface area contributed by atoms with Crippen LogP contribution in [0.4, 0.5) is 0 Å². The first-order chi connectivity index (χ1) is 27.2. The number of carbonyl (C=O) groups is 1. The van der Waals surface area contributed by atoms with Gasteiger partial charge >= 0.3 is 0 Å². The summed E-state index contributed by atoms with van der Waals surface area (Å²) in [5.41, 5.74) is 0. The number of carbonyl (C=O) groups excluding carboxylic acids is 1. The molecule has 1 saturated heterocycles. The number of aliphatic hydroxyl groups is 7. The molecule has 1 rings (SSSR count). The van der Waals surface area contributed by atoms with Crippen molar-refractivity contribution in [2.45, 2.75) is 229 Å². The molecule has 1 amide bonds. The molecular formula is C45H83NO10. The summed E-state index contributed by atoms with van der Waals surface area (Å²) in [6, 6.07) is -1.19. The Balaban J connectivity index is 2.51. The number of unbranched alkanes of at least 4 members (excludes halogenated alkanes) is 18. The van der Waals surface area contributed by atoms with E-state index in [0.717, 1.165) is 51.4 Å². The molecule has 0 aromatic heterocycles. The van der Waals surface area contributed by atoms with E-state index < -0.39 is 74.2 Å². The third kappa shape index (κ3) is 25.0. The van der Waals surface area contributed by atoms with Gasteiger partial charge in [0, 0.05) is 0 Å². The van der Waals surface area contributed by atoms with Crippen molar-refractivity contribution in [2.24, 2.45) is 0 Å².